The normalized spacial score (nSPS) is 11.3. The number of aromatic nitrogens is 1. The van der Waals surface area contributed by atoms with Gasteiger partial charge in [0.2, 0.25) is 0 Å². The molecule has 8 rings (SSSR count). The van der Waals surface area contributed by atoms with Crippen LogP contribution in [0.2, 0.25) is 0 Å². The second-order valence-corrected chi connectivity index (χ2v) is 11.5. The molecule has 1 aromatic heterocycles. The van der Waals surface area contributed by atoms with Crippen molar-refractivity contribution in [2.45, 2.75) is 0 Å². The van der Waals surface area contributed by atoms with Gasteiger partial charge in [0.1, 0.15) is 0 Å². The zero-order valence-electron chi connectivity index (χ0n) is 22.8. The number of rotatable bonds is 5. The summed E-state index contributed by atoms with van der Waals surface area (Å²) in [6.07, 6.45) is 0. The minimum atomic E-state index is 0.951. The molecule has 0 spiro atoms. The molecule has 198 valence electrons. The van der Waals surface area contributed by atoms with E-state index in [1.54, 1.807) is 11.3 Å². The smallest absolute Gasteiger partial charge is 0.195 e. The Labute approximate surface area is 248 Å². The zero-order chi connectivity index (χ0) is 27.9. The van der Waals surface area contributed by atoms with Gasteiger partial charge in [0.25, 0.3) is 0 Å². The molecule has 0 saturated carbocycles. The monoisotopic (exact) mass is 554 g/mol. The molecule has 0 amide bonds. The first kappa shape index (κ1) is 24.5. The molecule has 8 aromatic rings. The van der Waals surface area contributed by atoms with Crippen LogP contribution in [-0.4, -0.2) is 4.98 Å². The predicted molar refractivity (Wildman–Crippen MR) is 180 cm³/mol. The predicted octanol–water partition coefficient (Wildman–Crippen LogP) is 11.4. The topological polar surface area (TPSA) is 16.1 Å². The number of para-hydroxylation sites is 1. The molecular formula is C39H26N2S. The number of benzene rings is 7. The van der Waals surface area contributed by atoms with Gasteiger partial charge in [-0.3, -0.25) is 4.90 Å². The molecule has 0 bridgehead atoms. The quantitative estimate of drug-likeness (QED) is 0.210. The maximum Gasteiger partial charge on any atom is 0.195 e. The molecule has 0 N–H and O–H groups in total. The fourth-order valence-corrected chi connectivity index (χ4v) is 6.87. The number of hydrogen-bond acceptors (Lipinski definition) is 3. The van der Waals surface area contributed by atoms with E-state index in [0.717, 1.165) is 22.0 Å². The summed E-state index contributed by atoms with van der Waals surface area (Å²) in [5, 5.41) is 5.98. The summed E-state index contributed by atoms with van der Waals surface area (Å²) in [7, 11) is 0. The first-order valence-electron chi connectivity index (χ1n) is 14.1. The molecule has 42 heavy (non-hydrogen) atoms. The molecule has 0 saturated heterocycles. The molecule has 1 heterocycles. The molecule has 3 heteroatoms. The van der Waals surface area contributed by atoms with Gasteiger partial charge in [-0.2, -0.15) is 0 Å². The second-order valence-electron chi connectivity index (χ2n) is 10.4. The van der Waals surface area contributed by atoms with E-state index in [9.17, 15) is 0 Å². The van der Waals surface area contributed by atoms with Crippen LogP contribution in [-0.2, 0) is 0 Å². The minimum Gasteiger partial charge on any atom is -0.286 e. The summed E-state index contributed by atoms with van der Waals surface area (Å²) in [5.74, 6) is 0. The third-order valence-corrected chi connectivity index (χ3v) is 8.95. The molecule has 0 aliphatic rings. The second kappa shape index (κ2) is 10.3. The standard InChI is InChI=1S/C39H26N2S/c1-3-13-33-27(9-1)11-7-15-35(33)29-19-23-31(24-20-29)41(39-40-37-17-5-6-18-38(37)42-39)32-25-21-30(22-26-32)36-16-8-12-28-10-2-4-14-34(28)36/h1-26H. The highest BCUT2D eigenvalue weighted by atomic mass is 32.1. The average molecular weight is 555 g/mol. The van der Waals surface area contributed by atoms with Crippen molar-refractivity contribution in [2.24, 2.45) is 0 Å². The SMILES string of the molecule is c1ccc2c(-c3ccc(N(c4ccc(-c5cccc6ccccc56)cc4)c4nc5ccccc5s4)cc3)cccc2c1. The Hall–Kier alpha value is -5.25. The first-order valence-corrected chi connectivity index (χ1v) is 15.0. The largest absolute Gasteiger partial charge is 0.286 e. The lowest BCUT2D eigenvalue weighted by Gasteiger charge is -2.23. The Balaban J connectivity index is 1.22. The van der Waals surface area contributed by atoms with E-state index in [1.807, 2.05) is 6.07 Å². The third kappa shape index (κ3) is 4.32. The lowest BCUT2D eigenvalue weighted by Crippen LogP contribution is -2.09. The summed E-state index contributed by atoms with van der Waals surface area (Å²) in [6.45, 7) is 0. The Morgan fingerprint density at radius 2 is 0.905 bits per heavy atom. The van der Waals surface area contributed by atoms with Crippen molar-refractivity contribution in [1.82, 2.24) is 4.98 Å². The summed E-state index contributed by atoms with van der Waals surface area (Å²) < 4.78 is 1.18. The van der Waals surface area contributed by atoms with Gasteiger partial charge in [-0.15, -0.1) is 0 Å². The van der Waals surface area contributed by atoms with Gasteiger partial charge in [0, 0.05) is 11.4 Å². The molecule has 0 radical (unpaired) electrons. The molecule has 0 aliphatic heterocycles. The van der Waals surface area contributed by atoms with Crippen LogP contribution in [0.15, 0.2) is 158 Å². The molecule has 0 aliphatic carbocycles. The van der Waals surface area contributed by atoms with Crippen molar-refractivity contribution >= 4 is 59.6 Å². The van der Waals surface area contributed by atoms with E-state index in [0.29, 0.717) is 0 Å². The van der Waals surface area contributed by atoms with E-state index in [4.69, 9.17) is 4.98 Å². The third-order valence-electron chi connectivity index (χ3n) is 7.93. The highest BCUT2D eigenvalue weighted by Crippen LogP contribution is 2.41. The molecule has 0 atom stereocenters. The van der Waals surface area contributed by atoms with Crippen LogP contribution in [0.4, 0.5) is 16.5 Å². The highest BCUT2D eigenvalue weighted by Gasteiger charge is 2.18. The number of anilines is 3. The van der Waals surface area contributed by atoms with E-state index >= 15 is 0 Å². The minimum absolute atomic E-state index is 0.951. The van der Waals surface area contributed by atoms with E-state index in [-0.39, 0.29) is 0 Å². The van der Waals surface area contributed by atoms with Gasteiger partial charge < -0.3 is 0 Å². The van der Waals surface area contributed by atoms with E-state index < -0.39 is 0 Å². The van der Waals surface area contributed by atoms with Gasteiger partial charge in [-0.1, -0.05) is 133 Å². The summed E-state index contributed by atoms with van der Waals surface area (Å²) in [4.78, 5) is 7.32. The Morgan fingerprint density at radius 1 is 0.429 bits per heavy atom. The first-order chi connectivity index (χ1) is 20.8. The molecule has 7 aromatic carbocycles. The molecule has 2 nitrogen and oxygen atoms in total. The highest BCUT2D eigenvalue weighted by molar-refractivity contribution is 7.22. The van der Waals surface area contributed by atoms with E-state index in [2.05, 4.69) is 157 Å². The van der Waals surface area contributed by atoms with Crippen molar-refractivity contribution < 1.29 is 0 Å². The van der Waals surface area contributed by atoms with Crippen LogP contribution in [0, 0.1) is 0 Å². The van der Waals surface area contributed by atoms with Crippen molar-refractivity contribution in [1.29, 1.82) is 0 Å². The van der Waals surface area contributed by atoms with Gasteiger partial charge in [0.15, 0.2) is 5.13 Å². The lowest BCUT2D eigenvalue weighted by atomic mass is 9.97. The number of nitrogens with zero attached hydrogens (tertiary/aromatic N) is 2. The number of fused-ring (bicyclic) bond motifs is 3. The summed E-state index contributed by atoms with van der Waals surface area (Å²) in [6, 6.07) is 56.2. The maximum atomic E-state index is 5.05. The van der Waals surface area contributed by atoms with Crippen LogP contribution < -0.4 is 4.90 Å². The Kier molecular flexibility index (Phi) is 6.02. The fraction of sp³-hybridized carbons (Fsp3) is 0. The van der Waals surface area contributed by atoms with Crippen molar-refractivity contribution in [3.05, 3.63) is 158 Å². The fourth-order valence-electron chi connectivity index (χ4n) is 5.86. The van der Waals surface area contributed by atoms with Crippen LogP contribution >= 0.6 is 11.3 Å². The maximum absolute atomic E-state index is 5.05. The van der Waals surface area contributed by atoms with Crippen LogP contribution in [0.1, 0.15) is 0 Å². The molecule has 0 unspecified atom stereocenters. The number of thiazole rings is 1. The summed E-state index contributed by atoms with van der Waals surface area (Å²) in [5.41, 5.74) is 8.06. The van der Waals surface area contributed by atoms with Crippen molar-refractivity contribution in [3.63, 3.8) is 0 Å². The van der Waals surface area contributed by atoms with E-state index in [1.165, 1.54) is 48.5 Å². The van der Waals surface area contributed by atoms with Crippen molar-refractivity contribution in [3.8, 4) is 22.3 Å². The molecule has 0 fully saturated rings. The van der Waals surface area contributed by atoms with Crippen LogP contribution in [0.5, 0.6) is 0 Å². The van der Waals surface area contributed by atoms with Gasteiger partial charge in [-0.05, 0) is 80.2 Å². The van der Waals surface area contributed by atoms with Gasteiger partial charge in [-0.25, -0.2) is 4.98 Å². The Morgan fingerprint density at radius 3 is 1.45 bits per heavy atom. The lowest BCUT2D eigenvalue weighted by molar-refractivity contribution is 1.25. The van der Waals surface area contributed by atoms with Crippen molar-refractivity contribution in [2.75, 3.05) is 4.90 Å². The summed E-state index contributed by atoms with van der Waals surface area (Å²) >= 11 is 1.71. The zero-order valence-corrected chi connectivity index (χ0v) is 23.6. The average Bonchev–Trinajstić information content (AvgIpc) is 3.49. The Bertz CT molecular complexity index is 2030. The number of hydrogen-bond donors (Lipinski definition) is 0. The van der Waals surface area contributed by atoms with Gasteiger partial charge >= 0.3 is 0 Å². The molecular weight excluding hydrogens is 529 g/mol. The van der Waals surface area contributed by atoms with Crippen LogP contribution in [0.25, 0.3) is 54.0 Å². The van der Waals surface area contributed by atoms with Crippen LogP contribution in [0.3, 0.4) is 0 Å². The van der Waals surface area contributed by atoms with Gasteiger partial charge in [0.05, 0.1) is 10.2 Å².